The first-order valence-corrected chi connectivity index (χ1v) is 8.61. The Morgan fingerprint density at radius 3 is 2.57 bits per heavy atom. The van der Waals surface area contributed by atoms with Crippen LogP contribution < -0.4 is 4.90 Å². The Bertz CT molecular complexity index is 603. The van der Waals surface area contributed by atoms with E-state index in [2.05, 4.69) is 28.1 Å². The Kier molecular flexibility index (Phi) is 5.88. The molecule has 21 heavy (non-hydrogen) atoms. The average molecular weight is 364 g/mol. The quantitative estimate of drug-likeness (QED) is 0.764. The molecule has 4 heteroatoms. The highest BCUT2D eigenvalue weighted by atomic mass is 79.9. The molecule has 2 aromatic rings. The van der Waals surface area contributed by atoms with Crippen molar-refractivity contribution in [2.75, 3.05) is 11.9 Å². The first-order valence-electron chi connectivity index (χ1n) is 6.76. The van der Waals surface area contributed by atoms with Crippen LogP contribution in [-0.2, 0) is 10.5 Å². The number of thioether (sulfide) groups is 1. The molecule has 0 bridgehead atoms. The van der Waals surface area contributed by atoms with Crippen molar-refractivity contribution in [3.8, 4) is 0 Å². The second-order valence-corrected chi connectivity index (χ2v) is 7.06. The molecule has 2 aromatic carbocycles. The summed E-state index contributed by atoms with van der Waals surface area (Å²) in [5.74, 6) is 0.954. The summed E-state index contributed by atoms with van der Waals surface area (Å²) in [7, 11) is 1.83. The number of hydrogen-bond acceptors (Lipinski definition) is 2. The van der Waals surface area contributed by atoms with Gasteiger partial charge in [-0.15, -0.1) is 11.8 Å². The molecule has 0 aliphatic carbocycles. The number of benzene rings is 2. The minimum absolute atomic E-state index is 0.0748. The van der Waals surface area contributed by atoms with Crippen molar-refractivity contribution in [3.63, 3.8) is 0 Å². The van der Waals surface area contributed by atoms with E-state index >= 15 is 0 Å². The summed E-state index contributed by atoms with van der Waals surface area (Å²) >= 11 is 5.12. The highest BCUT2D eigenvalue weighted by Crippen LogP contribution is 2.23. The molecule has 1 unspecified atom stereocenters. The lowest BCUT2D eigenvalue weighted by Crippen LogP contribution is -2.33. The molecular weight excluding hydrogens is 346 g/mol. The van der Waals surface area contributed by atoms with E-state index < -0.39 is 0 Å². The van der Waals surface area contributed by atoms with Crippen molar-refractivity contribution >= 4 is 39.3 Å². The lowest BCUT2D eigenvalue weighted by molar-refractivity contribution is -0.117. The topological polar surface area (TPSA) is 20.3 Å². The first-order chi connectivity index (χ1) is 10.1. The molecule has 1 atom stereocenters. The van der Waals surface area contributed by atoms with Crippen molar-refractivity contribution in [2.24, 2.45) is 0 Å². The van der Waals surface area contributed by atoms with Gasteiger partial charge < -0.3 is 4.90 Å². The molecule has 0 radical (unpaired) electrons. The van der Waals surface area contributed by atoms with Crippen LogP contribution in [-0.4, -0.2) is 18.2 Å². The van der Waals surface area contributed by atoms with Gasteiger partial charge >= 0.3 is 0 Å². The molecule has 0 N–H and O–H groups in total. The van der Waals surface area contributed by atoms with Crippen molar-refractivity contribution in [1.29, 1.82) is 0 Å². The predicted octanol–water partition coefficient (Wildman–Crippen LogP) is 4.73. The van der Waals surface area contributed by atoms with E-state index in [1.165, 1.54) is 5.56 Å². The summed E-state index contributed by atoms with van der Waals surface area (Å²) < 4.78 is 1.07. The van der Waals surface area contributed by atoms with Crippen LogP contribution in [0.2, 0.25) is 0 Å². The number of halogens is 1. The first kappa shape index (κ1) is 16.1. The van der Waals surface area contributed by atoms with Crippen molar-refractivity contribution in [3.05, 3.63) is 64.6 Å². The Morgan fingerprint density at radius 2 is 1.90 bits per heavy atom. The smallest absolute Gasteiger partial charge is 0.239 e. The van der Waals surface area contributed by atoms with E-state index in [4.69, 9.17) is 0 Å². The zero-order chi connectivity index (χ0) is 15.2. The molecule has 0 spiro atoms. The molecule has 0 saturated carbocycles. The van der Waals surface area contributed by atoms with Gasteiger partial charge in [-0.05, 0) is 36.8 Å². The molecule has 0 heterocycles. The van der Waals surface area contributed by atoms with Crippen LogP contribution in [0.1, 0.15) is 12.5 Å². The van der Waals surface area contributed by atoms with Crippen LogP contribution in [0.5, 0.6) is 0 Å². The average Bonchev–Trinajstić information content (AvgIpc) is 2.52. The Morgan fingerprint density at radius 1 is 1.19 bits per heavy atom. The van der Waals surface area contributed by atoms with Crippen LogP contribution in [0.3, 0.4) is 0 Å². The molecule has 110 valence electrons. The molecule has 1 amide bonds. The number of rotatable bonds is 5. The predicted molar refractivity (Wildman–Crippen MR) is 94.8 cm³/mol. The standard InChI is InChI=1S/C17H18BrNOS/c1-13(21-12-14-7-6-8-15(18)11-14)17(20)19(2)16-9-4-3-5-10-16/h3-11,13H,12H2,1-2H3. The summed E-state index contributed by atoms with van der Waals surface area (Å²) in [6.07, 6.45) is 0. The summed E-state index contributed by atoms with van der Waals surface area (Å²) in [4.78, 5) is 14.1. The molecule has 2 rings (SSSR count). The number of amides is 1. The number of para-hydroxylation sites is 1. The number of carbonyl (C=O) groups is 1. The molecule has 0 aromatic heterocycles. The maximum Gasteiger partial charge on any atom is 0.239 e. The highest BCUT2D eigenvalue weighted by Gasteiger charge is 2.18. The highest BCUT2D eigenvalue weighted by molar-refractivity contribution is 9.10. The zero-order valence-corrected chi connectivity index (χ0v) is 14.5. The second-order valence-electron chi connectivity index (χ2n) is 4.82. The van der Waals surface area contributed by atoms with Crippen molar-refractivity contribution in [2.45, 2.75) is 17.9 Å². The van der Waals surface area contributed by atoms with E-state index in [1.807, 2.05) is 56.4 Å². The van der Waals surface area contributed by atoms with Gasteiger partial charge in [-0.2, -0.15) is 0 Å². The van der Waals surface area contributed by atoms with E-state index in [0.717, 1.165) is 15.9 Å². The summed E-state index contributed by atoms with van der Waals surface area (Å²) in [6, 6.07) is 17.9. The minimum Gasteiger partial charge on any atom is -0.315 e. The molecule has 0 fully saturated rings. The van der Waals surface area contributed by atoms with Crippen LogP contribution in [0, 0.1) is 0 Å². The molecular formula is C17H18BrNOS. The minimum atomic E-state index is -0.0748. The number of nitrogens with zero attached hydrogens (tertiary/aromatic N) is 1. The monoisotopic (exact) mass is 363 g/mol. The second kappa shape index (κ2) is 7.66. The van der Waals surface area contributed by atoms with Gasteiger partial charge in [0.1, 0.15) is 0 Å². The van der Waals surface area contributed by atoms with Gasteiger partial charge in [0.15, 0.2) is 0 Å². The van der Waals surface area contributed by atoms with Crippen molar-refractivity contribution in [1.82, 2.24) is 0 Å². The van der Waals surface area contributed by atoms with E-state index in [1.54, 1.807) is 16.7 Å². The summed E-state index contributed by atoms with van der Waals surface area (Å²) in [5, 5.41) is -0.0748. The molecule has 0 aliphatic rings. The Labute approximate surface area is 138 Å². The van der Waals surface area contributed by atoms with E-state index in [0.29, 0.717) is 0 Å². The van der Waals surface area contributed by atoms with Gasteiger partial charge in [-0.1, -0.05) is 46.3 Å². The largest absolute Gasteiger partial charge is 0.315 e. The fourth-order valence-electron chi connectivity index (χ4n) is 1.97. The van der Waals surface area contributed by atoms with Gasteiger partial charge in [-0.25, -0.2) is 0 Å². The maximum atomic E-state index is 12.4. The fourth-order valence-corrected chi connectivity index (χ4v) is 3.34. The fraction of sp³-hybridized carbons (Fsp3) is 0.235. The van der Waals surface area contributed by atoms with Crippen LogP contribution >= 0.6 is 27.7 Å². The Hall–Kier alpha value is -1.26. The molecule has 0 saturated heterocycles. The van der Waals surface area contributed by atoms with Gasteiger partial charge in [0.2, 0.25) is 5.91 Å². The summed E-state index contributed by atoms with van der Waals surface area (Å²) in [5.41, 5.74) is 2.15. The third kappa shape index (κ3) is 4.61. The van der Waals surface area contributed by atoms with E-state index in [-0.39, 0.29) is 11.2 Å². The summed E-state index contributed by atoms with van der Waals surface area (Å²) in [6.45, 7) is 1.96. The van der Waals surface area contributed by atoms with Crippen molar-refractivity contribution < 1.29 is 4.79 Å². The Balaban J connectivity index is 1.94. The van der Waals surface area contributed by atoms with Crippen LogP contribution in [0.4, 0.5) is 5.69 Å². The van der Waals surface area contributed by atoms with Gasteiger partial charge in [0.25, 0.3) is 0 Å². The third-order valence-electron chi connectivity index (χ3n) is 3.21. The SMILES string of the molecule is CC(SCc1cccc(Br)c1)C(=O)N(C)c1ccccc1. The molecule has 2 nitrogen and oxygen atoms in total. The zero-order valence-electron chi connectivity index (χ0n) is 12.1. The van der Waals surface area contributed by atoms with Crippen LogP contribution in [0.15, 0.2) is 59.1 Å². The van der Waals surface area contributed by atoms with E-state index in [9.17, 15) is 4.79 Å². The lowest BCUT2D eigenvalue weighted by Gasteiger charge is -2.21. The third-order valence-corrected chi connectivity index (χ3v) is 4.91. The number of hydrogen-bond donors (Lipinski definition) is 0. The van der Waals surface area contributed by atoms with Gasteiger partial charge in [0.05, 0.1) is 5.25 Å². The van der Waals surface area contributed by atoms with Gasteiger partial charge in [0, 0.05) is 23.0 Å². The lowest BCUT2D eigenvalue weighted by atomic mass is 10.2. The normalized spacial score (nSPS) is 12.0. The molecule has 0 aliphatic heterocycles. The van der Waals surface area contributed by atoms with Crippen LogP contribution in [0.25, 0.3) is 0 Å². The number of anilines is 1. The number of carbonyl (C=O) groups excluding carboxylic acids is 1. The maximum absolute atomic E-state index is 12.4. The van der Waals surface area contributed by atoms with Gasteiger partial charge in [-0.3, -0.25) is 4.79 Å².